The molecule has 0 heterocycles. The topological polar surface area (TPSA) is 41.5 Å². The van der Waals surface area contributed by atoms with Gasteiger partial charge in [-0.15, -0.1) is 6.42 Å². The van der Waals surface area contributed by atoms with Gasteiger partial charge in [-0.25, -0.2) is 0 Å². The van der Waals surface area contributed by atoms with Crippen molar-refractivity contribution in [1.82, 2.24) is 5.32 Å². The summed E-state index contributed by atoms with van der Waals surface area (Å²) < 4.78 is 5.31. The van der Waals surface area contributed by atoms with Gasteiger partial charge in [0.15, 0.2) is 0 Å². The lowest BCUT2D eigenvalue weighted by molar-refractivity contribution is 0.0725. The molecule has 0 amide bonds. The molecule has 0 fully saturated rings. The highest BCUT2D eigenvalue weighted by molar-refractivity contribution is 5.30. The van der Waals surface area contributed by atoms with Crippen LogP contribution in [0.2, 0.25) is 0 Å². The number of terminal acetylenes is 1. The highest BCUT2D eigenvalue weighted by Crippen LogP contribution is 2.32. The van der Waals surface area contributed by atoms with E-state index in [2.05, 4.69) is 29.5 Å². The highest BCUT2D eigenvalue weighted by atomic mass is 16.5. The van der Waals surface area contributed by atoms with Crippen LogP contribution in [0.1, 0.15) is 25.7 Å². The Balaban J connectivity index is 2.07. The summed E-state index contributed by atoms with van der Waals surface area (Å²) in [4.78, 5) is 0. The van der Waals surface area contributed by atoms with E-state index in [-0.39, 0.29) is 17.9 Å². The summed E-state index contributed by atoms with van der Waals surface area (Å²) in [6.07, 6.45) is 17.3. The largest absolute Gasteiger partial charge is 0.391 e. The Morgan fingerprint density at radius 1 is 1.33 bits per heavy atom. The standard InChI is InChI=1S/C18H25NO2/c1-4-17(13-5-9-15(19-2)10-6-13)18(20)14-7-11-16(21-3)12-8-14/h1,5,7,9,11,14,16-20H,6,8,10,12H2,2-3H3. The van der Waals surface area contributed by atoms with Gasteiger partial charge in [-0.05, 0) is 31.8 Å². The lowest BCUT2D eigenvalue weighted by Crippen LogP contribution is -2.32. The second-order valence-electron chi connectivity index (χ2n) is 5.72. The lowest BCUT2D eigenvalue weighted by Gasteiger charge is -2.31. The summed E-state index contributed by atoms with van der Waals surface area (Å²) >= 11 is 0. The predicted octanol–water partition coefficient (Wildman–Crippen LogP) is 2.40. The molecule has 2 aliphatic carbocycles. The fourth-order valence-corrected chi connectivity index (χ4v) is 3.09. The maximum absolute atomic E-state index is 10.7. The fourth-order valence-electron chi connectivity index (χ4n) is 3.09. The van der Waals surface area contributed by atoms with Gasteiger partial charge in [-0.2, -0.15) is 0 Å². The molecule has 2 aliphatic rings. The van der Waals surface area contributed by atoms with E-state index in [0.29, 0.717) is 0 Å². The van der Waals surface area contributed by atoms with E-state index in [1.807, 2.05) is 13.1 Å². The van der Waals surface area contributed by atoms with Crippen LogP contribution in [0, 0.1) is 24.2 Å². The minimum atomic E-state index is -0.514. The van der Waals surface area contributed by atoms with Gasteiger partial charge in [-0.3, -0.25) is 0 Å². The number of nitrogens with one attached hydrogen (secondary N) is 1. The molecule has 114 valence electrons. The van der Waals surface area contributed by atoms with Crippen molar-refractivity contribution in [2.75, 3.05) is 14.2 Å². The second-order valence-corrected chi connectivity index (χ2v) is 5.72. The normalized spacial score (nSPS) is 28.1. The number of methoxy groups -OCH3 is 1. The van der Waals surface area contributed by atoms with Gasteiger partial charge >= 0.3 is 0 Å². The number of ether oxygens (including phenoxy) is 1. The van der Waals surface area contributed by atoms with Gasteiger partial charge in [0.2, 0.25) is 0 Å². The van der Waals surface area contributed by atoms with Crippen molar-refractivity contribution in [3.8, 4) is 12.3 Å². The van der Waals surface area contributed by atoms with Crippen LogP contribution >= 0.6 is 0 Å². The van der Waals surface area contributed by atoms with Crippen LogP contribution in [0.4, 0.5) is 0 Å². The first kappa shape index (κ1) is 15.9. The highest BCUT2D eigenvalue weighted by Gasteiger charge is 2.30. The predicted molar refractivity (Wildman–Crippen MR) is 85.5 cm³/mol. The van der Waals surface area contributed by atoms with Crippen molar-refractivity contribution in [3.63, 3.8) is 0 Å². The zero-order valence-electron chi connectivity index (χ0n) is 12.9. The molecule has 0 aromatic carbocycles. The van der Waals surface area contributed by atoms with Crippen LogP contribution in [-0.2, 0) is 4.74 Å². The lowest BCUT2D eigenvalue weighted by atomic mass is 9.79. The average molecular weight is 287 g/mol. The molecule has 0 bridgehead atoms. The van der Waals surface area contributed by atoms with Crippen LogP contribution in [0.25, 0.3) is 0 Å². The Morgan fingerprint density at radius 3 is 2.62 bits per heavy atom. The molecule has 0 radical (unpaired) electrons. The van der Waals surface area contributed by atoms with Crippen LogP contribution in [-0.4, -0.2) is 31.5 Å². The summed E-state index contributed by atoms with van der Waals surface area (Å²) in [6.45, 7) is 0. The van der Waals surface area contributed by atoms with E-state index in [0.717, 1.165) is 31.3 Å². The van der Waals surface area contributed by atoms with Crippen molar-refractivity contribution < 1.29 is 9.84 Å². The van der Waals surface area contributed by atoms with E-state index in [1.54, 1.807) is 7.11 Å². The molecule has 0 aromatic heterocycles. The molecule has 2 N–H and O–H groups in total. The first-order valence-corrected chi connectivity index (χ1v) is 7.62. The molecule has 3 heteroatoms. The molecule has 0 spiro atoms. The third-order valence-corrected chi connectivity index (χ3v) is 4.52. The van der Waals surface area contributed by atoms with E-state index in [9.17, 15) is 5.11 Å². The number of allylic oxidation sites excluding steroid dienone is 3. The number of aliphatic hydroxyl groups excluding tert-OH is 1. The Morgan fingerprint density at radius 2 is 2.14 bits per heavy atom. The molecule has 0 aliphatic heterocycles. The molecule has 4 unspecified atom stereocenters. The van der Waals surface area contributed by atoms with Crippen LogP contribution in [0.3, 0.4) is 0 Å². The summed E-state index contributed by atoms with van der Waals surface area (Å²) in [7, 11) is 3.64. The molecular weight excluding hydrogens is 262 g/mol. The van der Waals surface area contributed by atoms with Crippen LogP contribution in [0.5, 0.6) is 0 Å². The number of hydrogen-bond donors (Lipinski definition) is 2. The van der Waals surface area contributed by atoms with Crippen molar-refractivity contribution in [3.05, 3.63) is 35.6 Å². The van der Waals surface area contributed by atoms with Crippen molar-refractivity contribution >= 4 is 0 Å². The van der Waals surface area contributed by atoms with E-state index in [4.69, 9.17) is 11.2 Å². The first-order valence-electron chi connectivity index (χ1n) is 7.62. The molecular formula is C18H25NO2. The third kappa shape index (κ3) is 3.78. The van der Waals surface area contributed by atoms with Gasteiger partial charge < -0.3 is 15.2 Å². The third-order valence-electron chi connectivity index (χ3n) is 4.52. The number of aliphatic hydroxyl groups is 1. The van der Waals surface area contributed by atoms with E-state index < -0.39 is 6.10 Å². The molecule has 0 saturated heterocycles. The summed E-state index contributed by atoms with van der Waals surface area (Å²) in [6, 6.07) is 0. The van der Waals surface area contributed by atoms with Gasteiger partial charge in [0.25, 0.3) is 0 Å². The minimum Gasteiger partial charge on any atom is -0.391 e. The monoisotopic (exact) mass is 287 g/mol. The Labute approximate surface area is 127 Å². The van der Waals surface area contributed by atoms with Gasteiger partial charge in [0, 0.05) is 25.8 Å². The fraction of sp³-hybridized carbons (Fsp3) is 0.556. The molecule has 0 saturated carbocycles. The van der Waals surface area contributed by atoms with Crippen molar-refractivity contribution in [2.24, 2.45) is 11.8 Å². The van der Waals surface area contributed by atoms with E-state index in [1.165, 1.54) is 5.70 Å². The molecule has 3 nitrogen and oxygen atoms in total. The average Bonchev–Trinajstić information content (AvgIpc) is 2.56. The zero-order chi connectivity index (χ0) is 15.2. The van der Waals surface area contributed by atoms with Gasteiger partial charge in [-0.1, -0.05) is 29.7 Å². The molecule has 4 atom stereocenters. The Hall–Kier alpha value is -1.50. The second kappa shape index (κ2) is 7.49. The maximum atomic E-state index is 10.7. The molecule has 21 heavy (non-hydrogen) atoms. The number of hydrogen-bond acceptors (Lipinski definition) is 3. The molecule has 2 rings (SSSR count). The van der Waals surface area contributed by atoms with Crippen molar-refractivity contribution in [1.29, 1.82) is 0 Å². The quantitative estimate of drug-likeness (QED) is 0.603. The zero-order valence-corrected chi connectivity index (χ0v) is 12.9. The summed E-state index contributed by atoms with van der Waals surface area (Å²) in [5, 5.41) is 13.8. The van der Waals surface area contributed by atoms with Crippen LogP contribution in [0.15, 0.2) is 35.6 Å². The smallest absolute Gasteiger partial charge is 0.0777 e. The summed E-state index contributed by atoms with van der Waals surface area (Å²) in [5.41, 5.74) is 2.37. The van der Waals surface area contributed by atoms with Crippen LogP contribution < -0.4 is 5.32 Å². The SMILES string of the molecule is C#CC(C1=CC=C(NC)CC1)C(O)C1C=CC(OC)CC1. The molecule has 0 aromatic rings. The van der Waals surface area contributed by atoms with Gasteiger partial charge in [0.1, 0.15) is 0 Å². The minimum absolute atomic E-state index is 0.119. The van der Waals surface area contributed by atoms with Gasteiger partial charge in [0.05, 0.1) is 18.1 Å². The number of rotatable bonds is 5. The Kier molecular flexibility index (Phi) is 5.67. The summed E-state index contributed by atoms with van der Waals surface area (Å²) in [5.74, 6) is 2.71. The van der Waals surface area contributed by atoms with E-state index >= 15 is 0 Å². The first-order chi connectivity index (χ1) is 10.2. The van der Waals surface area contributed by atoms with Crippen molar-refractivity contribution in [2.45, 2.75) is 37.9 Å². The maximum Gasteiger partial charge on any atom is 0.0777 e. The Bertz CT molecular complexity index is 484.